The molecule has 162 valence electrons. The van der Waals surface area contributed by atoms with Gasteiger partial charge in [-0.05, 0) is 43.4 Å². The summed E-state index contributed by atoms with van der Waals surface area (Å²) in [5, 5.41) is 9.09. The molecule has 4 aromatic rings. The minimum Gasteiger partial charge on any atom is -0.345 e. The van der Waals surface area contributed by atoms with Crippen molar-refractivity contribution in [3.8, 4) is 0 Å². The van der Waals surface area contributed by atoms with Crippen molar-refractivity contribution in [3.05, 3.63) is 94.8 Å². The molecule has 5 heteroatoms. The monoisotopic (exact) mass is 424 g/mol. The van der Waals surface area contributed by atoms with Crippen LogP contribution in [0.15, 0.2) is 66.7 Å². The van der Waals surface area contributed by atoms with E-state index in [0.29, 0.717) is 18.0 Å². The first-order valence-electron chi connectivity index (χ1n) is 11.4. The third-order valence-corrected chi connectivity index (χ3v) is 6.18. The Bertz CT molecular complexity index is 1240. The summed E-state index contributed by atoms with van der Waals surface area (Å²) in [5.41, 5.74) is 5.69. The topological polar surface area (TPSA) is 59.8 Å². The number of pyridine rings is 1. The smallest absolute Gasteiger partial charge is 0.252 e. The first kappa shape index (κ1) is 20.4. The molecule has 1 N–H and O–H groups in total. The Hall–Kier alpha value is -3.47. The van der Waals surface area contributed by atoms with Crippen LogP contribution in [0.5, 0.6) is 0 Å². The number of nitrogens with zero attached hydrogens (tertiary/aromatic N) is 3. The second kappa shape index (κ2) is 8.58. The number of hydrogen-bond donors (Lipinski definition) is 1. The lowest BCUT2D eigenvalue weighted by Gasteiger charge is -2.15. The van der Waals surface area contributed by atoms with E-state index in [1.807, 2.05) is 66.2 Å². The van der Waals surface area contributed by atoms with Crippen molar-refractivity contribution in [2.24, 2.45) is 0 Å². The summed E-state index contributed by atoms with van der Waals surface area (Å²) >= 11 is 0. The number of hydrogen-bond acceptors (Lipinski definition) is 3. The van der Waals surface area contributed by atoms with Crippen molar-refractivity contribution in [1.82, 2.24) is 20.1 Å². The van der Waals surface area contributed by atoms with Gasteiger partial charge >= 0.3 is 0 Å². The van der Waals surface area contributed by atoms with Gasteiger partial charge in [-0.15, -0.1) is 0 Å². The van der Waals surface area contributed by atoms with Gasteiger partial charge in [0.1, 0.15) is 0 Å². The van der Waals surface area contributed by atoms with E-state index in [1.54, 1.807) is 0 Å². The van der Waals surface area contributed by atoms with E-state index in [9.17, 15) is 4.79 Å². The molecule has 0 spiro atoms. The third-order valence-electron chi connectivity index (χ3n) is 6.18. The Kier molecular flexibility index (Phi) is 5.48. The molecular formula is C27H28N4O. The molecule has 5 nitrogen and oxygen atoms in total. The van der Waals surface area contributed by atoms with E-state index in [1.165, 1.54) is 5.56 Å². The molecule has 1 atom stereocenters. The van der Waals surface area contributed by atoms with Crippen molar-refractivity contribution in [2.75, 3.05) is 0 Å². The fourth-order valence-electron chi connectivity index (χ4n) is 4.22. The SMILES string of the molecule is CCc1cc(C(=O)NC(C)c2ccccc2)c2c(C3CC3)nn(Cc3ccccc3)c2n1. The fraction of sp³-hybridized carbons (Fsp3) is 0.296. The molecule has 1 aliphatic carbocycles. The van der Waals surface area contributed by atoms with Crippen molar-refractivity contribution in [1.29, 1.82) is 0 Å². The Morgan fingerprint density at radius 1 is 1.09 bits per heavy atom. The minimum atomic E-state index is -0.0827. The third kappa shape index (κ3) is 4.03. The van der Waals surface area contributed by atoms with Gasteiger partial charge in [0.25, 0.3) is 5.91 Å². The second-order valence-corrected chi connectivity index (χ2v) is 8.62. The van der Waals surface area contributed by atoms with Crippen molar-refractivity contribution >= 4 is 16.9 Å². The Balaban J connectivity index is 1.58. The van der Waals surface area contributed by atoms with Crippen LogP contribution in [-0.2, 0) is 13.0 Å². The largest absolute Gasteiger partial charge is 0.345 e. The first-order chi connectivity index (χ1) is 15.6. The number of aryl methyl sites for hydroxylation is 1. The summed E-state index contributed by atoms with van der Waals surface area (Å²) < 4.78 is 1.98. The zero-order valence-corrected chi connectivity index (χ0v) is 18.6. The zero-order valence-electron chi connectivity index (χ0n) is 18.6. The normalized spacial score (nSPS) is 14.4. The van der Waals surface area contributed by atoms with E-state index < -0.39 is 0 Å². The lowest BCUT2D eigenvalue weighted by atomic mass is 10.0. The number of rotatable bonds is 7. The average Bonchev–Trinajstić information content (AvgIpc) is 3.62. The van der Waals surface area contributed by atoms with Gasteiger partial charge in [0, 0.05) is 11.6 Å². The van der Waals surface area contributed by atoms with Gasteiger partial charge in [0.15, 0.2) is 5.65 Å². The maximum atomic E-state index is 13.5. The molecule has 0 aliphatic heterocycles. The Morgan fingerprint density at radius 3 is 2.44 bits per heavy atom. The van der Waals surface area contributed by atoms with E-state index in [2.05, 4.69) is 24.4 Å². The average molecular weight is 425 g/mol. The van der Waals surface area contributed by atoms with Gasteiger partial charge < -0.3 is 5.32 Å². The quantitative estimate of drug-likeness (QED) is 0.431. The molecule has 1 fully saturated rings. The van der Waals surface area contributed by atoms with Crippen molar-refractivity contribution in [3.63, 3.8) is 0 Å². The Morgan fingerprint density at radius 2 is 1.78 bits per heavy atom. The number of carbonyl (C=O) groups excluding carboxylic acids is 1. The summed E-state index contributed by atoms with van der Waals surface area (Å²) in [6.45, 7) is 4.74. The van der Waals surface area contributed by atoms with Gasteiger partial charge in [-0.3, -0.25) is 4.79 Å². The second-order valence-electron chi connectivity index (χ2n) is 8.62. The fourth-order valence-corrected chi connectivity index (χ4v) is 4.22. The molecule has 2 heterocycles. The van der Waals surface area contributed by atoms with Gasteiger partial charge in [-0.1, -0.05) is 67.6 Å². The standard InChI is InChI=1S/C27H28N4O/c1-3-22-16-23(27(32)28-18(2)20-12-8-5-9-13-20)24-25(21-14-15-21)30-31(26(24)29-22)17-19-10-6-4-7-11-19/h4-13,16,18,21H,3,14-15,17H2,1-2H3,(H,28,32). The molecule has 32 heavy (non-hydrogen) atoms. The molecular weight excluding hydrogens is 396 g/mol. The van der Waals surface area contributed by atoms with Crippen LogP contribution < -0.4 is 5.32 Å². The summed E-state index contributed by atoms with van der Waals surface area (Å²) in [6, 6.07) is 22.2. The maximum Gasteiger partial charge on any atom is 0.252 e. The highest BCUT2D eigenvalue weighted by molar-refractivity contribution is 6.07. The number of aromatic nitrogens is 3. The molecule has 1 amide bonds. The van der Waals surface area contributed by atoms with Gasteiger partial charge in [-0.2, -0.15) is 5.10 Å². The van der Waals surface area contributed by atoms with E-state index in [-0.39, 0.29) is 11.9 Å². The molecule has 1 aliphatic rings. The first-order valence-corrected chi connectivity index (χ1v) is 11.4. The zero-order chi connectivity index (χ0) is 22.1. The Labute approximate surface area is 188 Å². The lowest BCUT2D eigenvalue weighted by molar-refractivity contribution is 0.0941. The highest BCUT2D eigenvalue weighted by Gasteiger charge is 2.32. The number of carbonyl (C=O) groups is 1. The summed E-state index contributed by atoms with van der Waals surface area (Å²) in [7, 11) is 0. The van der Waals surface area contributed by atoms with Crippen LogP contribution in [0.2, 0.25) is 0 Å². The number of benzene rings is 2. The van der Waals surface area contributed by atoms with Crippen molar-refractivity contribution < 1.29 is 4.79 Å². The highest BCUT2D eigenvalue weighted by Crippen LogP contribution is 2.43. The van der Waals surface area contributed by atoms with Crippen molar-refractivity contribution in [2.45, 2.75) is 51.6 Å². The summed E-state index contributed by atoms with van der Waals surface area (Å²) in [4.78, 5) is 18.4. The van der Waals surface area contributed by atoms with Gasteiger partial charge in [-0.25, -0.2) is 9.67 Å². The number of fused-ring (bicyclic) bond motifs is 1. The van der Waals surface area contributed by atoms with Crippen LogP contribution >= 0.6 is 0 Å². The molecule has 2 aromatic carbocycles. The van der Waals surface area contributed by atoms with Gasteiger partial charge in [0.2, 0.25) is 0 Å². The van der Waals surface area contributed by atoms with E-state index in [4.69, 9.17) is 10.1 Å². The molecule has 0 bridgehead atoms. The predicted octanol–water partition coefficient (Wildman–Crippen LogP) is 5.41. The molecule has 2 aromatic heterocycles. The van der Waals surface area contributed by atoms with Crippen LogP contribution in [0.3, 0.4) is 0 Å². The van der Waals surface area contributed by atoms with E-state index >= 15 is 0 Å². The van der Waals surface area contributed by atoms with Gasteiger partial charge in [0.05, 0.1) is 29.2 Å². The molecule has 1 saturated carbocycles. The van der Waals surface area contributed by atoms with Crippen LogP contribution in [0, 0.1) is 0 Å². The maximum absolute atomic E-state index is 13.5. The van der Waals surface area contributed by atoms with E-state index in [0.717, 1.165) is 47.2 Å². The predicted molar refractivity (Wildman–Crippen MR) is 127 cm³/mol. The highest BCUT2D eigenvalue weighted by atomic mass is 16.1. The molecule has 0 radical (unpaired) electrons. The number of nitrogens with one attached hydrogen (secondary N) is 1. The van der Waals surface area contributed by atoms with Crippen LogP contribution in [0.25, 0.3) is 11.0 Å². The summed E-state index contributed by atoms with van der Waals surface area (Å²) in [6.07, 6.45) is 3.00. The lowest BCUT2D eigenvalue weighted by Crippen LogP contribution is -2.27. The number of amides is 1. The van der Waals surface area contributed by atoms with Crippen LogP contribution in [0.1, 0.15) is 71.5 Å². The minimum absolute atomic E-state index is 0.0652. The summed E-state index contributed by atoms with van der Waals surface area (Å²) in [5.74, 6) is 0.353. The molecule has 0 saturated heterocycles. The van der Waals surface area contributed by atoms with Crippen LogP contribution in [0.4, 0.5) is 0 Å². The molecule has 5 rings (SSSR count). The van der Waals surface area contributed by atoms with Crippen LogP contribution in [-0.4, -0.2) is 20.7 Å². The molecule has 1 unspecified atom stereocenters.